The number of carbonyl (C=O) groups is 1. The van der Waals surface area contributed by atoms with Crippen LogP contribution >= 0.6 is 24.0 Å². The summed E-state index contributed by atoms with van der Waals surface area (Å²) < 4.78 is 1.72. The number of piperazine rings is 2. The number of hydrogen-bond acceptors (Lipinski definition) is 5. The van der Waals surface area contributed by atoms with Gasteiger partial charge in [0.05, 0.1) is 18.4 Å². The van der Waals surface area contributed by atoms with Crippen molar-refractivity contribution in [3.8, 4) is 0 Å². The molecule has 3 heterocycles. The van der Waals surface area contributed by atoms with Gasteiger partial charge in [0, 0.05) is 58.6 Å². The summed E-state index contributed by atoms with van der Waals surface area (Å²) in [4.78, 5) is 26.1. The van der Waals surface area contributed by atoms with Gasteiger partial charge in [-0.1, -0.05) is 0 Å². The quantitative estimate of drug-likeness (QED) is 0.351. The average molecular weight is 504 g/mol. The van der Waals surface area contributed by atoms with Crippen molar-refractivity contribution in [2.75, 3.05) is 71.4 Å². The number of amides is 1. The Morgan fingerprint density at radius 3 is 2.68 bits per heavy atom. The zero-order chi connectivity index (χ0) is 19.4. The van der Waals surface area contributed by atoms with Crippen molar-refractivity contribution in [1.29, 1.82) is 0 Å². The molecular formula is C18H33IN8O. The normalized spacial score (nSPS) is 22.4. The van der Waals surface area contributed by atoms with Gasteiger partial charge in [-0.15, -0.1) is 24.0 Å². The van der Waals surface area contributed by atoms with Gasteiger partial charge in [0.1, 0.15) is 6.54 Å². The minimum absolute atomic E-state index is 0. The third kappa shape index (κ3) is 5.57. The van der Waals surface area contributed by atoms with Crippen LogP contribution in [0.3, 0.4) is 0 Å². The Hall–Kier alpha value is -1.40. The van der Waals surface area contributed by atoms with E-state index in [4.69, 9.17) is 4.99 Å². The summed E-state index contributed by atoms with van der Waals surface area (Å²) in [6.45, 7) is 8.50. The molecule has 1 N–H and O–H groups in total. The van der Waals surface area contributed by atoms with Crippen molar-refractivity contribution in [1.82, 2.24) is 29.8 Å². The largest absolute Gasteiger partial charge is 0.357 e. The molecule has 9 nitrogen and oxygen atoms in total. The maximum atomic E-state index is 12.7. The zero-order valence-electron chi connectivity index (χ0n) is 17.3. The van der Waals surface area contributed by atoms with Gasteiger partial charge in [0.25, 0.3) is 0 Å². The lowest BCUT2D eigenvalue weighted by Crippen LogP contribution is -2.56. The van der Waals surface area contributed by atoms with Crippen molar-refractivity contribution in [3.05, 3.63) is 12.4 Å². The van der Waals surface area contributed by atoms with E-state index in [1.807, 2.05) is 13.2 Å². The van der Waals surface area contributed by atoms with Crippen molar-refractivity contribution in [3.63, 3.8) is 0 Å². The second-order valence-corrected chi connectivity index (χ2v) is 7.43. The predicted octanol–water partition coefficient (Wildman–Crippen LogP) is -0.102. The maximum absolute atomic E-state index is 12.7. The Morgan fingerprint density at radius 1 is 1.25 bits per heavy atom. The van der Waals surface area contributed by atoms with E-state index < -0.39 is 0 Å². The molecule has 0 saturated carbocycles. The van der Waals surface area contributed by atoms with Crippen LogP contribution in [0.25, 0.3) is 0 Å². The molecule has 3 rings (SSSR count). The molecule has 0 bridgehead atoms. The Labute approximate surface area is 184 Å². The van der Waals surface area contributed by atoms with E-state index in [2.05, 4.69) is 46.1 Å². The van der Waals surface area contributed by atoms with Crippen LogP contribution in [0.2, 0.25) is 0 Å². The van der Waals surface area contributed by atoms with Gasteiger partial charge in [-0.25, -0.2) is 0 Å². The third-order valence-corrected chi connectivity index (χ3v) is 5.29. The number of hydrogen-bond donors (Lipinski definition) is 1. The average Bonchev–Trinajstić information content (AvgIpc) is 3.07. The first-order valence-electron chi connectivity index (χ1n) is 9.69. The Bertz CT molecular complexity index is 678. The van der Waals surface area contributed by atoms with Crippen LogP contribution in [-0.4, -0.2) is 109 Å². The lowest BCUT2D eigenvalue weighted by atomic mass is 10.2. The number of likely N-dealkylation sites (N-methyl/N-ethyl adjacent to an activating group) is 2. The second-order valence-electron chi connectivity index (χ2n) is 7.43. The maximum Gasteiger partial charge on any atom is 0.246 e. The highest BCUT2D eigenvalue weighted by molar-refractivity contribution is 14.0. The van der Waals surface area contributed by atoms with Gasteiger partial charge in [0.15, 0.2) is 5.96 Å². The van der Waals surface area contributed by atoms with Gasteiger partial charge in [-0.2, -0.15) is 5.10 Å². The molecule has 1 amide bonds. The Balaban J connectivity index is 0.00000280. The lowest BCUT2D eigenvalue weighted by Gasteiger charge is -2.38. The summed E-state index contributed by atoms with van der Waals surface area (Å²) in [5.41, 5.74) is 0.857. The van der Waals surface area contributed by atoms with Crippen molar-refractivity contribution in [2.45, 2.75) is 13.0 Å². The number of nitrogens with one attached hydrogen (secondary N) is 1. The second kappa shape index (κ2) is 10.4. The molecule has 2 aliphatic rings. The van der Waals surface area contributed by atoms with Crippen LogP contribution in [0.1, 0.15) is 6.92 Å². The Kier molecular flexibility index (Phi) is 8.50. The van der Waals surface area contributed by atoms with E-state index in [-0.39, 0.29) is 29.9 Å². The van der Waals surface area contributed by atoms with E-state index in [0.717, 1.165) is 50.9 Å². The van der Waals surface area contributed by atoms with Crippen LogP contribution in [0, 0.1) is 0 Å². The zero-order valence-corrected chi connectivity index (χ0v) is 19.7. The fourth-order valence-electron chi connectivity index (χ4n) is 3.59. The first-order chi connectivity index (χ1) is 13.0. The van der Waals surface area contributed by atoms with Crippen molar-refractivity contribution in [2.24, 2.45) is 12.0 Å². The molecule has 2 saturated heterocycles. The summed E-state index contributed by atoms with van der Waals surface area (Å²) in [5.74, 6) is 0.910. The molecule has 2 aliphatic heterocycles. The fourth-order valence-corrected chi connectivity index (χ4v) is 3.59. The monoisotopic (exact) mass is 504 g/mol. The molecule has 0 aromatic carbocycles. The number of nitrogens with zero attached hydrogens (tertiary/aromatic N) is 7. The minimum atomic E-state index is 0. The van der Waals surface area contributed by atoms with Gasteiger partial charge in [-0.05, 0) is 21.0 Å². The van der Waals surface area contributed by atoms with Gasteiger partial charge >= 0.3 is 0 Å². The molecule has 28 heavy (non-hydrogen) atoms. The SMILES string of the molecule is CCNC(=NCC1CN(C)CCN1C)N1CCN(c2cnn(C)c2)C(=O)C1.I. The summed E-state index contributed by atoms with van der Waals surface area (Å²) in [6, 6.07) is 0.407. The van der Waals surface area contributed by atoms with E-state index in [9.17, 15) is 4.79 Å². The first kappa shape index (κ1) is 22.9. The van der Waals surface area contributed by atoms with E-state index in [1.54, 1.807) is 15.8 Å². The molecular weight excluding hydrogens is 471 g/mol. The first-order valence-corrected chi connectivity index (χ1v) is 9.69. The van der Waals surface area contributed by atoms with Crippen LogP contribution in [0.5, 0.6) is 0 Å². The number of aryl methyl sites for hydroxylation is 1. The van der Waals surface area contributed by atoms with Gasteiger partial charge < -0.3 is 20.0 Å². The number of rotatable bonds is 4. The molecule has 1 aromatic heterocycles. The molecule has 0 aliphatic carbocycles. The third-order valence-electron chi connectivity index (χ3n) is 5.29. The highest BCUT2D eigenvalue weighted by Crippen LogP contribution is 2.16. The minimum Gasteiger partial charge on any atom is -0.357 e. The number of aliphatic imine (C=N–C) groups is 1. The van der Waals surface area contributed by atoms with Crippen LogP contribution in [0.15, 0.2) is 17.4 Å². The van der Waals surface area contributed by atoms with Crippen molar-refractivity contribution >= 4 is 41.5 Å². The van der Waals surface area contributed by atoms with Crippen LogP contribution in [-0.2, 0) is 11.8 Å². The number of carbonyl (C=O) groups excluding carboxylic acids is 1. The fraction of sp³-hybridized carbons (Fsp3) is 0.722. The lowest BCUT2D eigenvalue weighted by molar-refractivity contribution is -0.120. The van der Waals surface area contributed by atoms with E-state index in [0.29, 0.717) is 19.1 Å². The van der Waals surface area contributed by atoms with Crippen LogP contribution < -0.4 is 10.2 Å². The number of aromatic nitrogens is 2. The number of halogens is 1. The molecule has 0 spiro atoms. The molecule has 1 unspecified atom stereocenters. The van der Waals surface area contributed by atoms with E-state index in [1.165, 1.54) is 0 Å². The smallest absolute Gasteiger partial charge is 0.246 e. The number of anilines is 1. The molecule has 1 atom stereocenters. The Morgan fingerprint density at radius 2 is 2.04 bits per heavy atom. The van der Waals surface area contributed by atoms with Gasteiger partial charge in [-0.3, -0.25) is 19.4 Å². The molecule has 10 heteroatoms. The summed E-state index contributed by atoms with van der Waals surface area (Å²) in [6.07, 6.45) is 3.62. The standard InChI is InChI=1S/C18H32N8O.HI/c1-5-19-18(20-10-15-12-22(2)6-7-23(15)3)25-8-9-26(17(27)14-25)16-11-21-24(4)13-16;/h11,13,15H,5-10,12,14H2,1-4H3,(H,19,20);1H. The molecule has 0 radical (unpaired) electrons. The molecule has 2 fully saturated rings. The predicted molar refractivity (Wildman–Crippen MR) is 122 cm³/mol. The summed E-state index contributed by atoms with van der Waals surface area (Å²) >= 11 is 0. The van der Waals surface area contributed by atoms with E-state index >= 15 is 0 Å². The van der Waals surface area contributed by atoms with Crippen molar-refractivity contribution < 1.29 is 4.79 Å². The highest BCUT2D eigenvalue weighted by Gasteiger charge is 2.28. The molecule has 158 valence electrons. The van der Waals surface area contributed by atoms with Gasteiger partial charge in [0.2, 0.25) is 5.91 Å². The van der Waals surface area contributed by atoms with Crippen LogP contribution in [0.4, 0.5) is 5.69 Å². The topological polar surface area (TPSA) is 72.2 Å². The highest BCUT2D eigenvalue weighted by atomic mass is 127. The number of guanidine groups is 1. The summed E-state index contributed by atoms with van der Waals surface area (Å²) in [7, 11) is 6.18. The summed E-state index contributed by atoms with van der Waals surface area (Å²) in [5, 5.41) is 7.52. The molecule has 1 aromatic rings.